The van der Waals surface area contributed by atoms with E-state index in [-0.39, 0.29) is 28.5 Å². The van der Waals surface area contributed by atoms with E-state index in [4.69, 9.17) is 27.9 Å². The molecular weight excluding hydrogens is 675 g/mol. The molecule has 1 saturated carbocycles. The molecule has 0 bridgehead atoms. The fourth-order valence-corrected chi connectivity index (χ4v) is 7.87. The Hall–Kier alpha value is -3.39. The van der Waals surface area contributed by atoms with E-state index in [1.807, 2.05) is 0 Å². The van der Waals surface area contributed by atoms with E-state index in [2.05, 4.69) is 0 Å². The number of nitrogens with zero attached hydrogens (tertiary/aromatic N) is 2. The molecule has 0 radical (unpaired) electrons. The maximum absolute atomic E-state index is 15.1. The van der Waals surface area contributed by atoms with Gasteiger partial charge < -0.3 is 14.7 Å². The molecule has 5 rings (SSSR count). The van der Waals surface area contributed by atoms with Gasteiger partial charge in [-0.25, -0.2) is 12.8 Å². The zero-order chi connectivity index (χ0) is 33.4. The van der Waals surface area contributed by atoms with Gasteiger partial charge in [-0.15, -0.1) is 0 Å². The third-order valence-electron chi connectivity index (χ3n) is 7.79. The number of anilines is 1. The molecule has 2 fully saturated rings. The number of rotatable bonds is 11. The van der Waals surface area contributed by atoms with Gasteiger partial charge in [0, 0.05) is 10.0 Å². The van der Waals surface area contributed by atoms with Gasteiger partial charge in [0.05, 0.1) is 42.4 Å². The van der Waals surface area contributed by atoms with Crippen LogP contribution in [0.3, 0.4) is 0 Å². The van der Waals surface area contributed by atoms with E-state index < -0.39 is 88.5 Å². The average molecular weight is 704 g/mol. The molecule has 246 valence electrons. The molecule has 0 spiro atoms. The van der Waals surface area contributed by atoms with Crippen molar-refractivity contribution in [3.63, 3.8) is 0 Å². The summed E-state index contributed by atoms with van der Waals surface area (Å²) in [6.45, 7) is -0.975. The quantitative estimate of drug-likeness (QED) is 0.217. The standard InChI is InChI=1S/C31H28Cl2F4N2O6S/c32-20-10-8-18(9-11-20)28-29(19-4-3-5-21(33)14-19)45-26(15-27(40)41)30(42)39(28)22(16-31(35,36)37)17-38(46(43,44)23-12-13-23)25-7-2-1-6-24(25)34/h1-11,14,22-23,26,28-29H,12-13,15-17H2,(H,40,41)/t22?,26-,28-,29?/m1/s1. The molecule has 46 heavy (non-hydrogen) atoms. The van der Waals surface area contributed by atoms with Crippen LogP contribution in [0, 0.1) is 5.82 Å². The molecule has 1 aliphatic carbocycles. The number of hydrogen-bond acceptors (Lipinski definition) is 5. The number of halogens is 6. The van der Waals surface area contributed by atoms with Crippen molar-refractivity contribution in [3.05, 3.63) is 99.8 Å². The minimum atomic E-state index is -4.94. The Morgan fingerprint density at radius 3 is 2.26 bits per heavy atom. The maximum atomic E-state index is 15.1. The van der Waals surface area contributed by atoms with Crippen molar-refractivity contribution < 1.29 is 45.4 Å². The monoisotopic (exact) mass is 702 g/mol. The Kier molecular flexibility index (Phi) is 9.88. The van der Waals surface area contributed by atoms with Gasteiger partial charge in [0.1, 0.15) is 18.0 Å². The van der Waals surface area contributed by atoms with Gasteiger partial charge in [-0.05, 0) is 60.4 Å². The molecule has 2 unspecified atom stereocenters. The molecule has 2 aliphatic rings. The van der Waals surface area contributed by atoms with Crippen LogP contribution in [0.4, 0.5) is 23.2 Å². The molecule has 0 aromatic heterocycles. The predicted molar refractivity (Wildman–Crippen MR) is 163 cm³/mol. The summed E-state index contributed by atoms with van der Waals surface area (Å²) in [6, 6.07) is 13.5. The first-order valence-electron chi connectivity index (χ1n) is 14.2. The minimum absolute atomic E-state index is 0.235. The number of carbonyl (C=O) groups excluding carboxylic acids is 1. The molecule has 3 aromatic carbocycles. The number of aliphatic carboxylic acids is 1. The van der Waals surface area contributed by atoms with Crippen molar-refractivity contribution in [2.24, 2.45) is 0 Å². The third-order valence-corrected chi connectivity index (χ3v) is 10.5. The van der Waals surface area contributed by atoms with Crippen molar-refractivity contribution in [3.8, 4) is 0 Å². The number of ether oxygens (including phenoxy) is 1. The molecule has 8 nitrogen and oxygen atoms in total. The zero-order valence-corrected chi connectivity index (χ0v) is 26.2. The fourth-order valence-electron chi connectivity index (χ4n) is 5.65. The van der Waals surface area contributed by atoms with E-state index >= 15 is 4.39 Å². The summed E-state index contributed by atoms with van der Waals surface area (Å²) in [5, 5.41) is 9.20. The van der Waals surface area contributed by atoms with Gasteiger partial charge in [0.15, 0.2) is 0 Å². The average Bonchev–Trinajstić information content (AvgIpc) is 3.83. The van der Waals surface area contributed by atoms with E-state index in [0.29, 0.717) is 9.87 Å². The smallest absolute Gasteiger partial charge is 0.391 e. The highest BCUT2D eigenvalue weighted by Crippen LogP contribution is 2.46. The SMILES string of the molecule is O=C(O)C[C@H]1OC(c2cccc(Cl)c2)[C@@H](c2ccc(Cl)cc2)N(C(CN(c2ccccc2F)S(=O)(=O)C2CC2)CC(F)(F)F)C1=O. The molecule has 1 N–H and O–H groups in total. The highest BCUT2D eigenvalue weighted by Gasteiger charge is 2.51. The van der Waals surface area contributed by atoms with Crippen molar-refractivity contribution >= 4 is 50.8 Å². The number of para-hydroxylation sites is 1. The topological polar surface area (TPSA) is 104 Å². The number of benzene rings is 3. The van der Waals surface area contributed by atoms with Crippen LogP contribution in [0.5, 0.6) is 0 Å². The Morgan fingerprint density at radius 2 is 1.67 bits per heavy atom. The number of amides is 1. The van der Waals surface area contributed by atoms with Crippen LogP contribution in [0.15, 0.2) is 72.8 Å². The molecule has 1 heterocycles. The lowest BCUT2D eigenvalue weighted by atomic mass is 9.89. The molecule has 1 aliphatic heterocycles. The summed E-state index contributed by atoms with van der Waals surface area (Å²) in [6.07, 6.45) is -10.1. The second kappa shape index (κ2) is 13.4. The van der Waals surface area contributed by atoms with Gasteiger partial charge in [-0.3, -0.25) is 13.9 Å². The van der Waals surface area contributed by atoms with E-state index in [0.717, 1.165) is 17.0 Å². The Labute approximate surface area is 272 Å². The van der Waals surface area contributed by atoms with E-state index in [1.54, 1.807) is 18.2 Å². The minimum Gasteiger partial charge on any atom is -0.481 e. The first-order valence-corrected chi connectivity index (χ1v) is 16.4. The summed E-state index contributed by atoms with van der Waals surface area (Å²) in [5.74, 6) is -3.54. The number of alkyl halides is 3. The van der Waals surface area contributed by atoms with Crippen LogP contribution in [0.2, 0.25) is 10.0 Å². The van der Waals surface area contributed by atoms with Gasteiger partial charge in [-0.1, -0.05) is 59.6 Å². The first kappa shape index (κ1) is 34.0. The van der Waals surface area contributed by atoms with E-state index in [1.165, 1.54) is 42.5 Å². The molecule has 1 saturated heterocycles. The zero-order valence-electron chi connectivity index (χ0n) is 23.9. The summed E-state index contributed by atoms with van der Waals surface area (Å²) in [5.41, 5.74) is 0.118. The lowest BCUT2D eigenvalue weighted by molar-refractivity contribution is -0.192. The number of carboxylic acids is 1. The van der Waals surface area contributed by atoms with Crippen LogP contribution in [-0.2, 0) is 24.3 Å². The Morgan fingerprint density at radius 1 is 1.00 bits per heavy atom. The van der Waals surface area contributed by atoms with Crippen molar-refractivity contribution in [2.75, 3.05) is 10.8 Å². The molecule has 4 atom stereocenters. The second-order valence-electron chi connectivity index (χ2n) is 11.1. The number of carboxylic acid groups (broad SMARTS) is 1. The largest absolute Gasteiger partial charge is 0.481 e. The van der Waals surface area contributed by atoms with Crippen molar-refractivity contribution in [2.45, 2.75) is 61.4 Å². The van der Waals surface area contributed by atoms with Crippen LogP contribution >= 0.6 is 23.2 Å². The summed E-state index contributed by atoms with van der Waals surface area (Å²) >= 11 is 12.4. The molecular formula is C31H28Cl2F4N2O6S. The van der Waals surface area contributed by atoms with Crippen LogP contribution < -0.4 is 4.31 Å². The van der Waals surface area contributed by atoms with Gasteiger partial charge >= 0.3 is 12.1 Å². The number of hydrogen-bond donors (Lipinski definition) is 1. The van der Waals surface area contributed by atoms with E-state index in [9.17, 15) is 36.3 Å². The first-order chi connectivity index (χ1) is 21.7. The molecule has 15 heteroatoms. The summed E-state index contributed by atoms with van der Waals surface area (Å²) in [7, 11) is -4.37. The summed E-state index contributed by atoms with van der Waals surface area (Å²) < 4.78 is 92.4. The predicted octanol–water partition coefficient (Wildman–Crippen LogP) is 6.94. The van der Waals surface area contributed by atoms with Crippen molar-refractivity contribution in [1.29, 1.82) is 0 Å². The highest BCUT2D eigenvalue weighted by atomic mass is 35.5. The van der Waals surface area contributed by atoms with Crippen LogP contribution in [0.25, 0.3) is 0 Å². The van der Waals surface area contributed by atoms with Gasteiger partial charge in [0.2, 0.25) is 10.0 Å². The molecule has 1 amide bonds. The number of morpholine rings is 1. The Balaban J connectivity index is 1.72. The Bertz CT molecular complexity index is 1710. The van der Waals surface area contributed by atoms with Gasteiger partial charge in [0.25, 0.3) is 5.91 Å². The highest BCUT2D eigenvalue weighted by molar-refractivity contribution is 7.93. The maximum Gasteiger partial charge on any atom is 0.391 e. The van der Waals surface area contributed by atoms with Gasteiger partial charge in [-0.2, -0.15) is 13.2 Å². The number of carbonyl (C=O) groups is 2. The third kappa shape index (κ3) is 7.59. The fraction of sp³-hybridized carbons (Fsp3) is 0.355. The lowest BCUT2D eigenvalue weighted by Crippen LogP contribution is -2.59. The van der Waals surface area contributed by atoms with Crippen LogP contribution in [-0.4, -0.2) is 60.4 Å². The normalized spacial score (nSPS) is 21.2. The molecule has 3 aromatic rings. The lowest BCUT2D eigenvalue weighted by Gasteiger charge is -2.49. The van der Waals surface area contributed by atoms with Crippen LogP contribution in [0.1, 0.15) is 49.0 Å². The summed E-state index contributed by atoms with van der Waals surface area (Å²) in [4.78, 5) is 26.8. The second-order valence-corrected chi connectivity index (χ2v) is 14.2. The number of sulfonamides is 1. The van der Waals surface area contributed by atoms with Crippen molar-refractivity contribution in [1.82, 2.24) is 4.90 Å².